The molecule has 2 aromatic carbocycles. The van der Waals surface area contributed by atoms with Crippen LogP contribution >= 0.6 is 39.3 Å². The van der Waals surface area contributed by atoms with Gasteiger partial charge in [-0.25, -0.2) is 0 Å². The van der Waals surface area contributed by atoms with E-state index in [0.717, 1.165) is 22.5 Å². The SMILES string of the molecule is CCc1ccc(OC(C)c2nnc(SCC(=O)Nc3ccc(Br)cc3Cl)n2CC)cc1. The monoisotopic (exact) mass is 522 g/mol. The summed E-state index contributed by atoms with van der Waals surface area (Å²) in [5.74, 6) is 1.54. The van der Waals surface area contributed by atoms with Crippen LogP contribution in [0.4, 0.5) is 5.69 Å². The van der Waals surface area contributed by atoms with Gasteiger partial charge in [-0.3, -0.25) is 4.79 Å². The van der Waals surface area contributed by atoms with Gasteiger partial charge in [0.05, 0.1) is 16.5 Å². The van der Waals surface area contributed by atoms with Crippen molar-refractivity contribution in [2.45, 2.75) is 45.0 Å². The van der Waals surface area contributed by atoms with Gasteiger partial charge in [0.2, 0.25) is 5.91 Å². The lowest BCUT2D eigenvalue weighted by atomic mass is 10.2. The van der Waals surface area contributed by atoms with Crippen molar-refractivity contribution in [3.05, 3.63) is 63.3 Å². The van der Waals surface area contributed by atoms with Crippen LogP contribution in [0.25, 0.3) is 0 Å². The molecule has 0 fully saturated rings. The van der Waals surface area contributed by atoms with Crippen molar-refractivity contribution < 1.29 is 9.53 Å². The maximum atomic E-state index is 12.4. The van der Waals surface area contributed by atoms with Crippen molar-refractivity contribution in [2.24, 2.45) is 0 Å². The first-order valence-corrected chi connectivity index (χ1v) is 12.1. The number of benzene rings is 2. The number of hydrogen-bond donors (Lipinski definition) is 1. The highest BCUT2D eigenvalue weighted by Crippen LogP contribution is 2.27. The number of ether oxygens (including phenoxy) is 1. The average molecular weight is 524 g/mol. The van der Waals surface area contributed by atoms with Crippen LogP contribution in [0, 0.1) is 0 Å². The van der Waals surface area contributed by atoms with Gasteiger partial charge in [0.1, 0.15) is 5.75 Å². The summed E-state index contributed by atoms with van der Waals surface area (Å²) in [7, 11) is 0. The van der Waals surface area contributed by atoms with Crippen molar-refractivity contribution >= 4 is 50.9 Å². The Bertz CT molecular complexity index is 1040. The molecule has 1 amide bonds. The Morgan fingerprint density at radius 1 is 1.23 bits per heavy atom. The Morgan fingerprint density at radius 2 is 1.97 bits per heavy atom. The number of anilines is 1. The number of halogens is 2. The van der Waals surface area contributed by atoms with Gasteiger partial charge < -0.3 is 14.6 Å². The first-order chi connectivity index (χ1) is 14.9. The Balaban J connectivity index is 1.62. The molecule has 0 bridgehead atoms. The quantitative estimate of drug-likeness (QED) is 0.341. The first kappa shape index (κ1) is 23.6. The molecular weight excluding hydrogens is 500 g/mol. The minimum atomic E-state index is -0.273. The molecule has 0 saturated heterocycles. The standard InChI is InChI=1S/C22H24BrClN4O2S/c1-4-15-6-9-17(10-7-15)30-14(3)21-26-27-22(28(21)5-2)31-13-20(29)25-19-11-8-16(23)12-18(19)24/h6-12,14H,4-5,13H2,1-3H3,(H,25,29). The molecular formula is C22H24BrClN4O2S. The van der Waals surface area contributed by atoms with Crippen LogP contribution in [-0.4, -0.2) is 26.4 Å². The smallest absolute Gasteiger partial charge is 0.234 e. The molecule has 1 heterocycles. The molecule has 0 spiro atoms. The van der Waals surface area contributed by atoms with Crippen LogP contribution in [0.5, 0.6) is 5.75 Å². The van der Waals surface area contributed by atoms with Crippen LogP contribution in [0.15, 0.2) is 52.1 Å². The molecule has 0 aliphatic carbocycles. The number of aryl methyl sites for hydroxylation is 1. The Morgan fingerprint density at radius 3 is 2.61 bits per heavy atom. The largest absolute Gasteiger partial charge is 0.483 e. The second-order valence-corrected chi connectivity index (χ2v) is 9.07. The van der Waals surface area contributed by atoms with E-state index >= 15 is 0 Å². The number of amides is 1. The fourth-order valence-corrected chi connectivity index (χ4v) is 4.50. The summed E-state index contributed by atoms with van der Waals surface area (Å²) in [5, 5.41) is 12.6. The third-order valence-electron chi connectivity index (χ3n) is 4.61. The number of thioether (sulfide) groups is 1. The first-order valence-electron chi connectivity index (χ1n) is 9.97. The second-order valence-electron chi connectivity index (χ2n) is 6.80. The van der Waals surface area contributed by atoms with E-state index < -0.39 is 0 Å². The molecule has 0 aliphatic rings. The maximum Gasteiger partial charge on any atom is 0.234 e. The predicted molar refractivity (Wildman–Crippen MR) is 129 cm³/mol. The van der Waals surface area contributed by atoms with Crippen molar-refractivity contribution in [2.75, 3.05) is 11.1 Å². The summed E-state index contributed by atoms with van der Waals surface area (Å²) in [6.45, 7) is 6.75. The normalized spacial score (nSPS) is 11.9. The van der Waals surface area contributed by atoms with Gasteiger partial charge in [-0.2, -0.15) is 0 Å². The highest BCUT2D eigenvalue weighted by molar-refractivity contribution is 9.10. The number of nitrogens with zero attached hydrogens (tertiary/aromatic N) is 3. The number of aromatic nitrogens is 3. The van der Waals surface area contributed by atoms with E-state index in [-0.39, 0.29) is 17.8 Å². The van der Waals surface area contributed by atoms with Crippen LogP contribution in [0.2, 0.25) is 5.02 Å². The Hall–Kier alpha value is -2.03. The molecule has 0 radical (unpaired) electrons. The zero-order valence-electron chi connectivity index (χ0n) is 17.6. The zero-order chi connectivity index (χ0) is 22.4. The van der Waals surface area contributed by atoms with E-state index in [1.165, 1.54) is 17.3 Å². The van der Waals surface area contributed by atoms with Crippen LogP contribution in [0.3, 0.4) is 0 Å². The van der Waals surface area contributed by atoms with E-state index in [2.05, 4.69) is 50.5 Å². The minimum Gasteiger partial charge on any atom is -0.483 e. The maximum absolute atomic E-state index is 12.4. The molecule has 6 nitrogen and oxygen atoms in total. The summed E-state index contributed by atoms with van der Waals surface area (Å²) >= 11 is 10.8. The van der Waals surface area contributed by atoms with E-state index in [1.807, 2.05) is 36.6 Å². The molecule has 1 unspecified atom stereocenters. The fourth-order valence-electron chi connectivity index (χ4n) is 2.97. The van der Waals surface area contributed by atoms with E-state index in [0.29, 0.717) is 22.4 Å². The highest BCUT2D eigenvalue weighted by atomic mass is 79.9. The fraction of sp³-hybridized carbons (Fsp3) is 0.318. The third-order valence-corrected chi connectivity index (χ3v) is 6.38. The van der Waals surface area contributed by atoms with Gasteiger partial charge in [-0.15, -0.1) is 10.2 Å². The average Bonchev–Trinajstić information content (AvgIpc) is 3.18. The molecule has 1 N–H and O–H groups in total. The molecule has 0 saturated carbocycles. The van der Waals surface area contributed by atoms with Crippen molar-refractivity contribution in [3.63, 3.8) is 0 Å². The van der Waals surface area contributed by atoms with Crippen molar-refractivity contribution in [1.29, 1.82) is 0 Å². The van der Waals surface area contributed by atoms with Crippen molar-refractivity contribution in [3.8, 4) is 5.75 Å². The summed E-state index contributed by atoms with van der Waals surface area (Å²) in [6.07, 6.45) is 0.715. The van der Waals surface area contributed by atoms with E-state index in [1.54, 1.807) is 12.1 Å². The zero-order valence-corrected chi connectivity index (χ0v) is 20.7. The Labute approximate surface area is 199 Å². The molecule has 1 aromatic heterocycles. The number of carbonyl (C=O) groups is 1. The molecule has 3 rings (SSSR count). The lowest BCUT2D eigenvalue weighted by molar-refractivity contribution is -0.113. The molecule has 1 atom stereocenters. The van der Waals surface area contributed by atoms with Crippen LogP contribution in [-0.2, 0) is 17.8 Å². The lowest BCUT2D eigenvalue weighted by Gasteiger charge is -2.16. The van der Waals surface area contributed by atoms with Crippen LogP contribution < -0.4 is 10.1 Å². The van der Waals surface area contributed by atoms with Crippen LogP contribution in [0.1, 0.15) is 38.3 Å². The minimum absolute atomic E-state index is 0.165. The summed E-state index contributed by atoms with van der Waals surface area (Å²) in [4.78, 5) is 12.4. The molecule has 3 aromatic rings. The van der Waals surface area contributed by atoms with Gasteiger partial charge >= 0.3 is 0 Å². The topological polar surface area (TPSA) is 69.0 Å². The summed E-state index contributed by atoms with van der Waals surface area (Å²) < 4.78 is 8.87. The van der Waals surface area contributed by atoms with Gasteiger partial charge in [0, 0.05) is 11.0 Å². The summed E-state index contributed by atoms with van der Waals surface area (Å²) in [5.41, 5.74) is 1.84. The predicted octanol–water partition coefficient (Wildman–Crippen LogP) is 6.15. The number of carbonyl (C=O) groups excluding carboxylic acids is 1. The molecule has 164 valence electrons. The van der Waals surface area contributed by atoms with Gasteiger partial charge in [0.15, 0.2) is 17.1 Å². The molecule has 31 heavy (non-hydrogen) atoms. The summed E-state index contributed by atoms with van der Waals surface area (Å²) in [6, 6.07) is 13.4. The highest BCUT2D eigenvalue weighted by Gasteiger charge is 2.19. The number of rotatable bonds is 9. The Kier molecular flexibility index (Phi) is 8.40. The van der Waals surface area contributed by atoms with Gasteiger partial charge in [-0.05, 0) is 56.2 Å². The number of nitrogens with one attached hydrogen (secondary N) is 1. The second kappa shape index (κ2) is 11.0. The van der Waals surface area contributed by atoms with Crippen molar-refractivity contribution in [1.82, 2.24) is 14.8 Å². The van der Waals surface area contributed by atoms with E-state index in [4.69, 9.17) is 16.3 Å². The van der Waals surface area contributed by atoms with Gasteiger partial charge in [-0.1, -0.05) is 58.3 Å². The number of hydrogen-bond acceptors (Lipinski definition) is 5. The van der Waals surface area contributed by atoms with Gasteiger partial charge in [0.25, 0.3) is 0 Å². The van der Waals surface area contributed by atoms with E-state index in [9.17, 15) is 4.79 Å². The molecule has 0 aliphatic heterocycles. The molecule has 9 heteroatoms. The third kappa shape index (κ3) is 6.24. The lowest BCUT2D eigenvalue weighted by Crippen LogP contribution is -2.15.